The van der Waals surface area contributed by atoms with Gasteiger partial charge in [-0.15, -0.1) is 0 Å². The predicted molar refractivity (Wildman–Crippen MR) is 124 cm³/mol. The lowest BCUT2D eigenvalue weighted by atomic mass is 10.1. The normalized spacial score (nSPS) is 24.2. The number of hydrogen-bond acceptors (Lipinski definition) is 8. The molecule has 9 heteroatoms. The van der Waals surface area contributed by atoms with Crippen LogP contribution in [0.4, 0.5) is 6.01 Å². The summed E-state index contributed by atoms with van der Waals surface area (Å²) in [5.74, 6) is 2.61. The summed E-state index contributed by atoms with van der Waals surface area (Å²) in [5.41, 5.74) is 2.01. The zero-order valence-corrected chi connectivity index (χ0v) is 20.0. The topological polar surface area (TPSA) is 98.4 Å². The molecular weight excluding hydrogens is 440 g/mol. The van der Waals surface area contributed by atoms with Crippen LogP contribution in [0, 0.1) is 17.3 Å². The van der Waals surface area contributed by atoms with Crippen molar-refractivity contribution in [3.05, 3.63) is 48.4 Å². The lowest BCUT2D eigenvalue weighted by Crippen LogP contribution is -2.28. The van der Waals surface area contributed by atoms with Crippen molar-refractivity contribution in [3.8, 4) is 17.0 Å². The van der Waals surface area contributed by atoms with E-state index in [1.165, 1.54) is 6.26 Å². The van der Waals surface area contributed by atoms with E-state index < -0.39 is 9.84 Å². The number of aromatic nitrogens is 3. The summed E-state index contributed by atoms with van der Waals surface area (Å²) in [5, 5.41) is 4.07. The van der Waals surface area contributed by atoms with Gasteiger partial charge in [0.05, 0.1) is 11.5 Å². The number of fused-ring (bicyclic) bond motifs is 1. The van der Waals surface area contributed by atoms with Crippen molar-refractivity contribution >= 4 is 15.9 Å². The van der Waals surface area contributed by atoms with Crippen molar-refractivity contribution < 1.29 is 17.7 Å². The molecule has 8 nitrogen and oxygen atoms in total. The van der Waals surface area contributed by atoms with Crippen LogP contribution < -0.4 is 9.64 Å². The van der Waals surface area contributed by atoms with Crippen LogP contribution in [-0.4, -0.2) is 49.5 Å². The van der Waals surface area contributed by atoms with Gasteiger partial charge in [-0.25, -0.2) is 13.4 Å². The molecule has 3 aromatic rings. The van der Waals surface area contributed by atoms with Crippen LogP contribution in [-0.2, 0) is 9.84 Å². The summed E-state index contributed by atoms with van der Waals surface area (Å²) in [6.45, 7) is 8.83. The second kappa shape index (κ2) is 7.83. The molecule has 1 aliphatic heterocycles. The highest BCUT2D eigenvalue weighted by molar-refractivity contribution is 7.90. The molecule has 1 aromatic carbocycles. The molecule has 2 fully saturated rings. The maximum Gasteiger partial charge on any atom is 0.324 e. The first-order valence-electron chi connectivity index (χ1n) is 11.1. The average Bonchev–Trinajstić information content (AvgIpc) is 3.15. The van der Waals surface area contributed by atoms with Gasteiger partial charge < -0.3 is 14.2 Å². The number of pyridine rings is 1. The van der Waals surface area contributed by atoms with Gasteiger partial charge in [0.2, 0.25) is 5.88 Å². The molecule has 0 spiro atoms. The number of anilines is 1. The Balaban J connectivity index is 1.16. The molecule has 0 radical (unpaired) electrons. The smallest absolute Gasteiger partial charge is 0.324 e. The van der Waals surface area contributed by atoms with Gasteiger partial charge >= 0.3 is 6.01 Å². The molecule has 3 atom stereocenters. The van der Waals surface area contributed by atoms with Gasteiger partial charge in [-0.05, 0) is 35.1 Å². The summed E-state index contributed by atoms with van der Waals surface area (Å²) in [7, 11) is -3.20. The highest BCUT2D eigenvalue weighted by Crippen LogP contribution is 2.63. The number of piperidine rings is 1. The van der Waals surface area contributed by atoms with E-state index >= 15 is 0 Å². The maximum absolute atomic E-state index is 11.6. The van der Waals surface area contributed by atoms with Crippen LogP contribution >= 0.6 is 0 Å². The summed E-state index contributed by atoms with van der Waals surface area (Å²) < 4.78 is 34.7. The van der Waals surface area contributed by atoms with Crippen LogP contribution in [0.5, 0.6) is 5.88 Å². The Morgan fingerprint density at radius 2 is 1.91 bits per heavy atom. The first-order valence-corrected chi connectivity index (χ1v) is 13.0. The first-order chi connectivity index (χ1) is 15.6. The molecule has 2 aliphatic rings. The van der Waals surface area contributed by atoms with Gasteiger partial charge in [-0.3, -0.25) is 0 Å². The minimum absolute atomic E-state index is 0.188. The zero-order chi connectivity index (χ0) is 23.4. The van der Waals surface area contributed by atoms with E-state index in [1.54, 1.807) is 30.5 Å². The number of hydrogen-bond donors (Lipinski definition) is 0. The van der Waals surface area contributed by atoms with E-state index in [1.807, 2.05) is 12.1 Å². The number of benzene rings is 1. The molecule has 0 amide bonds. The Labute approximate surface area is 193 Å². The highest BCUT2D eigenvalue weighted by atomic mass is 32.2. The summed E-state index contributed by atoms with van der Waals surface area (Å²) in [6, 6.07) is 11.2. The third kappa shape index (κ3) is 4.10. The molecule has 5 rings (SSSR count). The fraction of sp³-hybridized carbons (Fsp3) is 0.458. The molecule has 1 saturated carbocycles. The van der Waals surface area contributed by atoms with E-state index in [-0.39, 0.29) is 11.3 Å². The Morgan fingerprint density at radius 3 is 2.45 bits per heavy atom. The molecular formula is C24H28N4O4S. The molecule has 1 aliphatic carbocycles. The standard InChI is InChI=1S/C24H28N4O4S/c1-15(2)22-26-23(32-27-22)28-12-19-20(24(19,3)14-28)13-31-21-10-7-17(11-25-21)16-5-8-18(9-6-16)33(4,29)30/h5-11,15,19-20H,12-14H2,1-4H3/t19?,20-,24-/m1/s1. The fourth-order valence-corrected chi connectivity index (χ4v) is 5.43. The van der Waals surface area contributed by atoms with Crippen LogP contribution in [0.25, 0.3) is 11.1 Å². The van der Waals surface area contributed by atoms with Crippen LogP contribution in [0.3, 0.4) is 0 Å². The molecule has 33 heavy (non-hydrogen) atoms. The summed E-state index contributed by atoms with van der Waals surface area (Å²) >= 11 is 0. The first kappa shape index (κ1) is 21.9. The minimum atomic E-state index is -3.20. The lowest BCUT2D eigenvalue weighted by molar-refractivity contribution is 0.260. The Bertz CT molecular complexity index is 1250. The second-order valence-corrected chi connectivity index (χ2v) is 11.7. The van der Waals surface area contributed by atoms with E-state index in [0.717, 1.165) is 30.0 Å². The Kier molecular flexibility index (Phi) is 5.19. The van der Waals surface area contributed by atoms with Crippen molar-refractivity contribution in [2.24, 2.45) is 17.3 Å². The fourth-order valence-electron chi connectivity index (χ4n) is 4.80. The summed E-state index contributed by atoms with van der Waals surface area (Å²) in [4.78, 5) is 11.5. The molecule has 0 N–H and O–H groups in total. The number of nitrogens with zero attached hydrogens (tertiary/aromatic N) is 4. The van der Waals surface area contributed by atoms with Crippen molar-refractivity contribution in [1.29, 1.82) is 0 Å². The largest absolute Gasteiger partial charge is 0.477 e. The molecule has 1 saturated heterocycles. The quantitative estimate of drug-likeness (QED) is 0.516. The van der Waals surface area contributed by atoms with Crippen LogP contribution in [0.15, 0.2) is 52.0 Å². The molecule has 2 aromatic heterocycles. The van der Waals surface area contributed by atoms with Gasteiger partial charge in [0.15, 0.2) is 15.7 Å². The second-order valence-electron chi connectivity index (χ2n) is 9.68. The number of sulfone groups is 1. The Hall–Kier alpha value is -2.94. The highest BCUT2D eigenvalue weighted by Gasteiger charge is 2.66. The van der Waals surface area contributed by atoms with Gasteiger partial charge in [0.25, 0.3) is 0 Å². The lowest BCUT2D eigenvalue weighted by Gasteiger charge is -2.19. The maximum atomic E-state index is 11.6. The van der Waals surface area contributed by atoms with E-state index in [2.05, 4.69) is 40.8 Å². The van der Waals surface area contributed by atoms with Crippen molar-refractivity contribution in [1.82, 2.24) is 15.1 Å². The van der Waals surface area contributed by atoms with Gasteiger partial charge in [-0.1, -0.05) is 38.1 Å². The Morgan fingerprint density at radius 1 is 1.18 bits per heavy atom. The number of rotatable bonds is 7. The van der Waals surface area contributed by atoms with Crippen molar-refractivity contribution in [2.45, 2.75) is 31.6 Å². The third-order valence-electron chi connectivity index (χ3n) is 7.00. The molecule has 174 valence electrons. The predicted octanol–water partition coefficient (Wildman–Crippen LogP) is 3.81. The SMILES string of the molecule is CC(C)c1noc(N2CC3[C@@H](COc4ccc(-c5ccc(S(C)(=O)=O)cc5)cn4)[C@]3(C)C2)n1. The zero-order valence-electron chi connectivity index (χ0n) is 19.2. The third-order valence-corrected chi connectivity index (χ3v) is 8.13. The monoisotopic (exact) mass is 468 g/mol. The van der Waals surface area contributed by atoms with E-state index in [0.29, 0.717) is 35.2 Å². The van der Waals surface area contributed by atoms with Gasteiger partial charge in [0.1, 0.15) is 0 Å². The minimum Gasteiger partial charge on any atom is -0.477 e. The van der Waals surface area contributed by atoms with E-state index in [4.69, 9.17) is 9.26 Å². The van der Waals surface area contributed by atoms with Gasteiger partial charge in [-0.2, -0.15) is 4.98 Å². The van der Waals surface area contributed by atoms with Crippen LogP contribution in [0.2, 0.25) is 0 Å². The summed E-state index contributed by atoms with van der Waals surface area (Å²) in [6.07, 6.45) is 2.96. The number of ether oxygens (including phenoxy) is 1. The molecule has 1 unspecified atom stereocenters. The van der Waals surface area contributed by atoms with E-state index in [9.17, 15) is 8.42 Å². The van der Waals surface area contributed by atoms with Gasteiger partial charge in [0, 0.05) is 49.0 Å². The van der Waals surface area contributed by atoms with Crippen molar-refractivity contribution in [3.63, 3.8) is 0 Å². The van der Waals surface area contributed by atoms with Crippen LogP contribution in [0.1, 0.15) is 32.5 Å². The molecule has 0 bridgehead atoms. The average molecular weight is 469 g/mol. The molecule has 3 heterocycles. The van der Waals surface area contributed by atoms with Crippen molar-refractivity contribution in [2.75, 3.05) is 30.9 Å².